The Morgan fingerprint density at radius 3 is 2.78 bits per heavy atom. The number of fused-ring (bicyclic) bond motifs is 5. The smallest absolute Gasteiger partial charge is 0.330 e. The van der Waals surface area contributed by atoms with Crippen LogP contribution >= 0.6 is 0 Å². The Hall–Kier alpha value is -3.63. The molecule has 0 bridgehead atoms. The molecule has 4 amide bonds. The molecule has 1 N–H and O–H groups in total. The second kappa shape index (κ2) is 8.79. The van der Waals surface area contributed by atoms with Crippen LogP contribution in [0.15, 0.2) is 42.5 Å². The van der Waals surface area contributed by atoms with E-state index in [0.29, 0.717) is 19.6 Å². The standard InChI is InChI=1S/C26H28N4O6/c1-34-11-10-30-24(32)26(23(31)27-25(30)33)13-18-4-2-3-5-19(18)29-9-8-28(15-22(26)29)14-17-6-7-20-21(12-17)36-16-35-20/h2-7,12,22H,8-11,13-16H2,1H3,(H,27,31,33)/t22-,26-/m0/s1. The normalized spacial score (nSPS) is 25.1. The first-order valence-corrected chi connectivity index (χ1v) is 12.1. The minimum Gasteiger partial charge on any atom is -0.454 e. The minimum absolute atomic E-state index is 0.0888. The molecule has 2 saturated heterocycles. The summed E-state index contributed by atoms with van der Waals surface area (Å²) >= 11 is 0. The largest absolute Gasteiger partial charge is 0.454 e. The van der Waals surface area contributed by atoms with Gasteiger partial charge in [0.25, 0.3) is 0 Å². The summed E-state index contributed by atoms with van der Waals surface area (Å²) in [5.41, 5.74) is 1.62. The van der Waals surface area contributed by atoms with Crippen molar-refractivity contribution < 1.29 is 28.6 Å². The van der Waals surface area contributed by atoms with Crippen LogP contribution in [0, 0.1) is 5.41 Å². The number of barbiturate groups is 1. The van der Waals surface area contributed by atoms with Crippen molar-refractivity contribution in [2.45, 2.75) is 19.0 Å². The molecule has 0 aromatic heterocycles. The van der Waals surface area contributed by atoms with Gasteiger partial charge in [0, 0.05) is 39.0 Å². The zero-order chi connectivity index (χ0) is 24.9. The second-order valence-electron chi connectivity index (χ2n) is 9.62. The SMILES string of the molecule is COCCN1C(=O)NC(=O)[C@@]2(Cc3ccccc3N3CCN(Cc4ccc5c(c4)OCO5)C[C@H]32)C1=O. The van der Waals surface area contributed by atoms with E-state index in [2.05, 4.69) is 15.1 Å². The fourth-order valence-corrected chi connectivity index (χ4v) is 5.89. The van der Waals surface area contributed by atoms with Crippen molar-refractivity contribution in [2.75, 3.05) is 51.6 Å². The van der Waals surface area contributed by atoms with Crippen LogP contribution in [0.5, 0.6) is 11.5 Å². The summed E-state index contributed by atoms with van der Waals surface area (Å²) in [5, 5.41) is 2.48. The van der Waals surface area contributed by atoms with Crippen LogP contribution in [0.25, 0.3) is 0 Å². The molecule has 4 aliphatic heterocycles. The number of hydrogen-bond acceptors (Lipinski definition) is 8. The predicted octanol–water partition coefficient (Wildman–Crippen LogP) is 1.37. The molecule has 4 heterocycles. The molecule has 0 saturated carbocycles. The molecular formula is C26H28N4O6. The number of carbonyl (C=O) groups excluding carboxylic acids is 3. The lowest BCUT2D eigenvalue weighted by molar-refractivity contribution is -0.155. The molecule has 4 aliphatic rings. The van der Waals surface area contributed by atoms with Gasteiger partial charge in [-0.25, -0.2) is 4.79 Å². The van der Waals surface area contributed by atoms with E-state index in [1.807, 2.05) is 42.5 Å². The van der Waals surface area contributed by atoms with E-state index in [-0.39, 0.29) is 26.4 Å². The molecule has 10 nitrogen and oxygen atoms in total. The van der Waals surface area contributed by atoms with Crippen molar-refractivity contribution in [3.8, 4) is 11.5 Å². The molecule has 0 unspecified atom stereocenters. The molecule has 1 spiro atoms. The number of hydrogen-bond donors (Lipinski definition) is 1. The number of carbonyl (C=O) groups is 3. The molecule has 10 heteroatoms. The molecule has 188 valence electrons. The van der Waals surface area contributed by atoms with Crippen molar-refractivity contribution in [3.05, 3.63) is 53.6 Å². The third kappa shape index (κ3) is 3.51. The number of rotatable bonds is 5. The summed E-state index contributed by atoms with van der Waals surface area (Å²) in [7, 11) is 1.51. The van der Waals surface area contributed by atoms with Crippen LogP contribution in [-0.4, -0.2) is 80.4 Å². The number of anilines is 1. The first-order chi connectivity index (χ1) is 17.5. The molecule has 2 aromatic rings. The Morgan fingerprint density at radius 1 is 1.08 bits per heavy atom. The summed E-state index contributed by atoms with van der Waals surface area (Å²) in [6.45, 7) is 3.06. The highest BCUT2D eigenvalue weighted by Crippen LogP contribution is 2.45. The number of imide groups is 2. The zero-order valence-electron chi connectivity index (χ0n) is 20.1. The lowest BCUT2D eigenvalue weighted by Gasteiger charge is -2.55. The number of methoxy groups -OCH3 is 1. The van der Waals surface area contributed by atoms with Gasteiger partial charge in [0.15, 0.2) is 16.9 Å². The fourth-order valence-electron chi connectivity index (χ4n) is 5.89. The number of benzene rings is 2. The monoisotopic (exact) mass is 492 g/mol. The Balaban J connectivity index is 1.35. The topological polar surface area (TPSA) is 101 Å². The van der Waals surface area contributed by atoms with Crippen LogP contribution in [0.2, 0.25) is 0 Å². The molecule has 2 atom stereocenters. The fraction of sp³-hybridized carbons (Fsp3) is 0.423. The number of piperazine rings is 1. The van der Waals surface area contributed by atoms with E-state index in [9.17, 15) is 14.4 Å². The number of para-hydroxylation sites is 1. The highest BCUT2D eigenvalue weighted by atomic mass is 16.7. The van der Waals surface area contributed by atoms with Crippen molar-refractivity contribution in [1.29, 1.82) is 0 Å². The highest BCUT2D eigenvalue weighted by Gasteiger charge is 2.62. The van der Waals surface area contributed by atoms with Gasteiger partial charge in [-0.05, 0) is 35.7 Å². The van der Waals surface area contributed by atoms with E-state index in [4.69, 9.17) is 14.2 Å². The third-order valence-corrected chi connectivity index (χ3v) is 7.66. The molecular weight excluding hydrogens is 464 g/mol. The van der Waals surface area contributed by atoms with Gasteiger partial charge >= 0.3 is 6.03 Å². The number of urea groups is 1. The van der Waals surface area contributed by atoms with Gasteiger partial charge in [0.05, 0.1) is 19.2 Å². The quantitative estimate of drug-likeness (QED) is 0.625. The average molecular weight is 493 g/mol. The third-order valence-electron chi connectivity index (χ3n) is 7.66. The molecule has 0 radical (unpaired) electrons. The van der Waals surface area contributed by atoms with Crippen LogP contribution in [0.4, 0.5) is 10.5 Å². The molecule has 36 heavy (non-hydrogen) atoms. The predicted molar refractivity (Wildman–Crippen MR) is 129 cm³/mol. The summed E-state index contributed by atoms with van der Waals surface area (Å²) in [6, 6.07) is 12.7. The second-order valence-corrected chi connectivity index (χ2v) is 9.62. The summed E-state index contributed by atoms with van der Waals surface area (Å²) in [6.07, 6.45) is 0.240. The average Bonchev–Trinajstić information content (AvgIpc) is 3.35. The maximum atomic E-state index is 14.0. The van der Waals surface area contributed by atoms with Gasteiger partial charge in [-0.3, -0.25) is 24.7 Å². The number of ether oxygens (including phenoxy) is 3. The van der Waals surface area contributed by atoms with Crippen LogP contribution in [0.1, 0.15) is 11.1 Å². The van der Waals surface area contributed by atoms with Crippen molar-refractivity contribution in [3.63, 3.8) is 0 Å². The van der Waals surface area contributed by atoms with E-state index in [1.54, 1.807) is 0 Å². The van der Waals surface area contributed by atoms with E-state index in [1.165, 1.54) is 7.11 Å². The number of nitrogens with one attached hydrogen (secondary N) is 1. The zero-order valence-corrected chi connectivity index (χ0v) is 20.1. The maximum absolute atomic E-state index is 14.0. The van der Waals surface area contributed by atoms with E-state index < -0.39 is 29.3 Å². The van der Waals surface area contributed by atoms with Crippen molar-refractivity contribution in [1.82, 2.24) is 15.1 Å². The lowest BCUT2D eigenvalue weighted by Crippen LogP contribution is -2.75. The van der Waals surface area contributed by atoms with Gasteiger partial charge < -0.3 is 19.1 Å². The Labute approximate surface area is 208 Å². The first kappa shape index (κ1) is 22.8. The molecule has 0 aliphatic carbocycles. The molecule has 6 rings (SSSR count). The number of amides is 4. The van der Waals surface area contributed by atoms with Gasteiger partial charge in [-0.15, -0.1) is 0 Å². The minimum atomic E-state index is -1.41. The van der Waals surface area contributed by atoms with Crippen LogP contribution in [-0.2, 0) is 27.3 Å². The van der Waals surface area contributed by atoms with E-state index in [0.717, 1.165) is 39.8 Å². The maximum Gasteiger partial charge on any atom is 0.330 e. The molecule has 2 aromatic carbocycles. The number of nitrogens with zero attached hydrogens (tertiary/aromatic N) is 3. The highest BCUT2D eigenvalue weighted by molar-refractivity contribution is 6.20. The van der Waals surface area contributed by atoms with Crippen LogP contribution in [0.3, 0.4) is 0 Å². The lowest BCUT2D eigenvalue weighted by atomic mass is 9.67. The molecule has 2 fully saturated rings. The van der Waals surface area contributed by atoms with Crippen molar-refractivity contribution >= 4 is 23.5 Å². The van der Waals surface area contributed by atoms with E-state index >= 15 is 0 Å². The Kier molecular flexibility index (Phi) is 5.57. The summed E-state index contributed by atoms with van der Waals surface area (Å²) in [4.78, 5) is 45.8. The van der Waals surface area contributed by atoms with Crippen LogP contribution < -0.4 is 19.7 Å². The summed E-state index contributed by atoms with van der Waals surface area (Å²) < 4.78 is 16.1. The Bertz CT molecular complexity index is 1230. The van der Waals surface area contributed by atoms with Crippen molar-refractivity contribution in [2.24, 2.45) is 5.41 Å². The van der Waals surface area contributed by atoms with Gasteiger partial charge in [0.2, 0.25) is 18.6 Å². The van der Waals surface area contributed by atoms with Gasteiger partial charge in [0.1, 0.15) is 0 Å². The first-order valence-electron chi connectivity index (χ1n) is 12.1. The van der Waals surface area contributed by atoms with Gasteiger partial charge in [-0.2, -0.15) is 0 Å². The van der Waals surface area contributed by atoms with Gasteiger partial charge in [-0.1, -0.05) is 24.3 Å². The summed E-state index contributed by atoms with van der Waals surface area (Å²) in [5.74, 6) is 0.475. The Morgan fingerprint density at radius 2 is 1.92 bits per heavy atom.